The molecule has 110 valence electrons. The van der Waals surface area contributed by atoms with Gasteiger partial charge in [0.25, 0.3) is 5.91 Å². The highest BCUT2D eigenvalue weighted by Gasteiger charge is 2.41. The number of carboxylic acid groups (broad SMARTS) is 1. The molecule has 1 aromatic rings. The largest absolute Gasteiger partial charge is 0.481 e. The average molecular weight is 280 g/mol. The molecule has 6 nitrogen and oxygen atoms in total. The first-order chi connectivity index (χ1) is 9.22. The number of aliphatic carboxylic acids is 1. The van der Waals surface area contributed by atoms with Crippen molar-refractivity contribution >= 4 is 11.9 Å². The van der Waals surface area contributed by atoms with Gasteiger partial charge in [0.1, 0.15) is 5.76 Å². The van der Waals surface area contributed by atoms with Gasteiger partial charge in [-0.05, 0) is 19.3 Å². The molecule has 0 spiro atoms. The van der Waals surface area contributed by atoms with Crippen molar-refractivity contribution in [1.82, 2.24) is 10.5 Å². The van der Waals surface area contributed by atoms with Gasteiger partial charge in [0.15, 0.2) is 5.69 Å². The Morgan fingerprint density at radius 2 is 2.10 bits per heavy atom. The van der Waals surface area contributed by atoms with Crippen LogP contribution in [-0.4, -0.2) is 27.7 Å². The number of amides is 1. The third-order valence-corrected chi connectivity index (χ3v) is 3.66. The molecule has 2 N–H and O–H groups in total. The van der Waals surface area contributed by atoms with Crippen molar-refractivity contribution in [3.63, 3.8) is 0 Å². The van der Waals surface area contributed by atoms with Crippen molar-refractivity contribution in [3.05, 3.63) is 17.5 Å². The highest BCUT2D eigenvalue weighted by atomic mass is 16.5. The van der Waals surface area contributed by atoms with Gasteiger partial charge in [-0.25, -0.2) is 0 Å². The SMILES string of the molecule is CC(C)(C)c1cc(C(=O)NC2(CC(=O)O)CCC2)no1. The van der Waals surface area contributed by atoms with Crippen molar-refractivity contribution in [3.8, 4) is 0 Å². The number of carbonyl (C=O) groups is 2. The quantitative estimate of drug-likeness (QED) is 0.881. The molecule has 1 heterocycles. The molecule has 0 bridgehead atoms. The summed E-state index contributed by atoms with van der Waals surface area (Å²) in [5.74, 6) is -0.644. The molecule has 0 atom stereocenters. The van der Waals surface area contributed by atoms with E-state index in [1.54, 1.807) is 6.07 Å². The van der Waals surface area contributed by atoms with Crippen LogP contribution in [0.3, 0.4) is 0 Å². The van der Waals surface area contributed by atoms with Crippen LogP contribution in [0.4, 0.5) is 0 Å². The molecule has 0 unspecified atom stereocenters. The number of carbonyl (C=O) groups excluding carboxylic acids is 1. The van der Waals surface area contributed by atoms with Crippen molar-refractivity contribution < 1.29 is 19.2 Å². The first-order valence-corrected chi connectivity index (χ1v) is 6.73. The number of rotatable bonds is 4. The van der Waals surface area contributed by atoms with E-state index in [9.17, 15) is 9.59 Å². The van der Waals surface area contributed by atoms with Crippen LogP contribution < -0.4 is 5.32 Å². The lowest BCUT2D eigenvalue weighted by Gasteiger charge is -2.41. The lowest BCUT2D eigenvalue weighted by Crippen LogP contribution is -2.54. The minimum Gasteiger partial charge on any atom is -0.481 e. The van der Waals surface area contributed by atoms with Crippen LogP contribution >= 0.6 is 0 Å². The van der Waals surface area contributed by atoms with Gasteiger partial charge in [-0.2, -0.15) is 0 Å². The van der Waals surface area contributed by atoms with Crippen LogP contribution in [-0.2, 0) is 10.2 Å². The normalized spacial score (nSPS) is 17.4. The number of aromatic nitrogens is 1. The summed E-state index contributed by atoms with van der Waals surface area (Å²) in [6.45, 7) is 5.90. The summed E-state index contributed by atoms with van der Waals surface area (Å²) >= 11 is 0. The Balaban J connectivity index is 2.08. The number of nitrogens with one attached hydrogen (secondary N) is 1. The fraction of sp³-hybridized carbons (Fsp3) is 0.643. The number of carboxylic acids is 1. The van der Waals surface area contributed by atoms with Crippen LogP contribution in [0.2, 0.25) is 0 Å². The standard InChI is InChI=1S/C14H20N2O4/c1-13(2,3)10-7-9(16-20-10)12(19)15-14(5-4-6-14)8-11(17)18/h7H,4-6,8H2,1-3H3,(H,15,19)(H,17,18). The Morgan fingerprint density at radius 1 is 1.45 bits per heavy atom. The fourth-order valence-corrected chi connectivity index (χ4v) is 2.28. The second-order valence-corrected chi connectivity index (χ2v) is 6.48. The molecule has 1 aliphatic carbocycles. The van der Waals surface area contributed by atoms with Crippen LogP contribution in [0.1, 0.15) is 62.7 Å². The van der Waals surface area contributed by atoms with Crippen LogP contribution in [0.25, 0.3) is 0 Å². The highest BCUT2D eigenvalue weighted by molar-refractivity contribution is 5.93. The van der Waals surface area contributed by atoms with Crippen molar-refractivity contribution in [2.75, 3.05) is 0 Å². The Morgan fingerprint density at radius 3 is 2.50 bits per heavy atom. The van der Waals surface area contributed by atoms with E-state index in [2.05, 4.69) is 10.5 Å². The van der Waals surface area contributed by atoms with Gasteiger partial charge in [-0.3, -0.25) is 9.59 Å². The zero-order valence-electron chi connectivity index (χ0n) is 12.0. The third-order valence-electron chi connectivity index (χ3n) is 3.66. The highest BCUT2D eigenvalue weighted by Crippen LogP contribution is 2.35. The van der Waals surface area contributed by atoms with E-state index in [1.807, 2.05) is 20.8 Å². The van der Waals surface area contributed by atoms with Gasteiger partial charge in [0.2, 0.25) is 0 Å². The molecule has 1 saturated carbocycles. The molecule has 0 aromatic carbocycles. The Kier molecular flexibility index (Phi) is 3.58. The maximum atomic E-state index is 12.1. The van der Waals surface area contributed by atoms with Gasteiger partial charge in [-0.1, -0.05) is 25.9 Å². The predicted octanol–water partition coefficient (Wildman–Crippen LogP) is 2.10. The molecule has 6 heteroatoms. The van der Waals surface area contributed by atoms with E-state index in [1.165, 1.54) is 0 Å². The number of hydrogen-bond donors (Lipinski definition) is 2. The van der Waals surface area contributed by atoms with E-state index < -0.39 is 11.5 Å². The van der Waals surface area contributed by atoms with Gasteiger partial charge in [-0.15, -0.1) is 0 Å². The molecule has 2 rings (SSSR count). The van der Waals surface area contributed by atoms with Gasteiger partial charge in [0.05, 0.1) is 12.0 Å². The molecular formula is C14H20N2O4. The zero-order valence-corrected chi connectivity index (χ0v) is 12.0. The summed E-state index contributed by atoms with van der Waals surface area (Å²) in [6.07, 6.45) is 2.26. The minimum absolute atomic E-state index is 0.0529. The summed E-state index contributed by atoms with van der Waals surface area (Å²) in [4.78, 5) is 23.0. The Hall–Kier alpha value is -1.85. The predicted molar refractivity (Wildman–Crippen MR) is 71.5 cm³/mol. The molecule has 1 aromatic heterocycles. The summed E-state index contributed by atoms with van der Waals surface area (Å²) in [5.41, 5.74) is -0.642. The van der Waals surface area contributed by atoms with Crippen LogP contribution in [0.5, 0.6) is 0 Å². The smallest absolute Gasteiger partial charge is 0.305 e. The molecule has 1 fully saturated rings. The lowest BCUT2D eigenvalue weighted by molar-refractivity contribution is -0.139. The molecular weight excluding hydrogens is 260 g/mol. The maximum absolute atomic E-state index is 12.1. The van der Waals surface area contributed by atoms with Crippen molar-refractivity contribution in [2.45, 2.75) is 57.4 Å². The fourth-order valence-electron chi connectivity index (χ4n) is 2.28. The van der Waals surface area contributed by atoms with Crippen LogP contribution in [0.15, 0.2) is 10.6 Å². The Bertz CT molecular complexity index is 524. The molecule has 0 saturated heterocycles. The number of hydrogen-bond acceptors (Lipinski definition) is 4. The topological polar surface area (TPSA) is 92.4 Å². The second-order valence-electron chi connectivity index (χ2n) is 6.48. The van der Waals surface area contributed by atoms with E-state index in [4.69, 9.17) is 9.63 Å². The lowest BCUT2D eigenvalue weighted by atomic mass is 9.74. The summed E-state index contributed by atoms with van der Waals surface area (Å²) < 4.78 is 5.17. The summed E-state index contributed by atoms with van der Waals surface area (Å²) in [6, 6.07) is 1.61. The average Bonchev–Trinajstić information content (AvgIpc) is 2.73. The van der Waals surface area contributed by atoms with E-state index in [-0.39, 0.29) is 23.4 Å². The van der Waals surface area contributed by atoms with Gasteiger partial charge in [0, 0.05) is 11.5 Å². The van der Waals surface area contributed by atoms with Crippen molar-refractivity contribution in [2.24, 2.45) is 0 Å². The van der Waals surface area contributed by atoms with E-state index in [0.717, 1.165) is 6.42 Å². The first kappa shape index (κ1) is 14.6. The molecule has 1 amide bonds. The second kappa shape index (κ2) is 4.92. The zero-order chi connectivity index (χ0) is 15.0. The monoisotopic (exact) mass is 280 g/mol. The third kappa shape index (κ3) is 3.00. The van der Waals surface area contributed by atoms with E-state index >= 15 is 0 Å². The molecule has 1 aliphatic rings. The molecule has 0 aliphatic heterocycles. The van der Waals surface area contributed by atoms with Gasteiger partial charge < -0.3 is 14.9 Å². The Labute approximate surface area is 117 Å². The van der Waals surface area contributed by atoms with E-state index in [0.29, 0.717) is 18.6 Å². The first-order valence-electron chi connectivity index (χ1n) is 6.73. The molecule has 0 radical (unpaired) electrons. The number of nitrogens with zero attached hydrogens (tertiary/aromatic N) is 1. The van der Waals surface area contributed by atoms with Crippen molar-refractivity contribution in [1.29, 1.82) is 0 Å². The minimum atomic E-state index is -0.902. The maximum Gasteiger partial charge on any atom is 0.305 e. The van der Waals surface area contributed by atoms with Gasteiger partial charge >= 0.3 is 5.97 Å². The summed E-state index contributed by atoms with van der Waals surface area (Å²) in [5, 5.41) is 15.5. The summed E-state index contributed by atoms with van der Waals surface area (Å²) in [7, 11) is 0. The van der Waals surface area contributed by atoms with Crippen LogP contribution in [0, 0.1) is 0 Å². The molecule has 20 heavy (non-hydrogen) atoms.